The van der Waals surface area contributed by atoms with E-state index in [1.165, 1.54) is 10.6 Å². The number of para-hydroxylation sites is 1. The number of ether oxygens (including phenoxy) is 1. The average molecular weight is 448 g/mol. The first-order chi connectivity index (χ1) is 14.4. The third-order valence-corrected chi connectivity index (χ3v) is 4.94. The summed E-state index contributed by atoms with van der Waals surface area (Å²) in [4.78, 5) is 36.6. The number of hydrogen-bond acceptors (Lipinski definition) is 4. The van der Waals surface area contributed by atoms with Crippen molar-refractivity contribution in [3.8, 4) is 5.75 Å². The number of hydrogen-bond donors (Lipinski definition) is 2. The van der Waals surface area contributed by atoms with Crippen LogP contribution < -0.4 is 21.1 Å². The first kappa shape index (κ1) is 21.7. The highest BCUT2D eigenvalue weighted by Gasteiger charge is 2.14. The third-order valence-electron chi connectivity index (χ3n) is 4.41. The molecule has 9 heteroatoms. The normalized spacial score (nSPS) is 10.6. The molecule has 1 heterocycles. The van der Waals surface area contributed by atoms with Crippen LogP contribution in [0.3, 0.4) is 0 Å². The molecular weight excluding hydrogens is 429 g/mol. The van der Waals surface area contributed by atoms with Crippen molar-refractivity contribution in [1.82, 2.24) is 15.4 Å². The van der Waals surface area contributed by atoms with Gasteiger partial charge >= 0.3 is 0 Å². The Morgan fingerprint density at radius 3 is 2.60 bits per heavy atom. The number of rotatable bonds is 6. The van der Waals surface area contributed by atoms with Crippen LogP contribution in [0.4, 0.5) is 0 Å². The molecule has 3 rings (SSSR count). The Labute approximate surface area is 182 Å². The number of halogens is 2. The fraction of sp³-hybridized carbons (Fsp3) is 0.190. The number of aromatic nitrogens is 1. The molecule has 0 aliphatic rings. The van der Waals surface area contributed by atoms with E-state index in [4.69, 9.17) is 27.9 Å². The summed E-state index contributed by atoms with van der Waals surface area (Å²) in [5, 5.41) is 1.51. The number of aryl methyl sites for hydroxylation is 1. The summed E-state index contributed by atoms with van der Waals surface area (Å²) in [7, 11) is 1.63. The minimum Gasteiger partial charge on any atom is -0.492 e. The summed E-state index contributed by atoms with van der Waals surface area (Å²) in [6.45, 7) is 0.266. The fourth-order valence-corrected chi connectivity index (χ4v) is 3.32. The highest BCUT2D eigenvalue weighted by molar-refractivity contribution is 6.35. The lowest BCUT2D eigenvalue weighted by atomic mass is 10.1. The Kier molecular flexibility index (Phi) is 6.97. The van der Waals surface area contributed by atoms with Gasteiger partial charge in [0.05, 0.1) is 22.7 Å². The van der Waals surface area contributed by atoms with Gasteiger partial charge in [-0.2, -0.15) is 0 Å². The molecule has 0 bridgehead atoms. The number of nitrogens with one attached hydrogen (secondary N) is 2. The van der Waals surface area contributed by atoms with E-state index in [9.17, 15) is 14.4 Å². The van der Waals surface area contributed by atoms with Crippen LogP contribution in [0.2, 0.25) is 10.0 Å². The Bertz CT molecular complexity index is 1160. The van der Waals surface area contributed by atoms with Crippen LogP contribution >= 0.6 is 23.2 Å². The molecule has 0 radical (unpaired) electrons. The largest absolute Gasteiger partial charge is 0.492 e. The molecule has 0 fully saturated rings. The third kappa shape index (κ3) is 5.11. The maximum Gasteiger partial charge on any atom is 0.270 e. The number of nitrogens with zero attached hydrogens (tertiary/aromatic N) is 1. The average Bonchev–Trinajstić information content (AvgIpc) is 2.73. The van der Waals surface area contributed by atoms with Gasteiger partial charge < -0.3 is 9.30 Å². The predicted octanol–water partition coefficient (Wildman–Crippen LogP) is 3.47. The van der Waals surface area contributed by atoms with Crippen LogP contribution in [-0.4, -0.2) is 23.0 Å². The van der Waals surface area contributed by atoms with Crippen molar-refractivity contribution in [2.24, 2.45) is 7.05 Å². The van der Waals surface area contributed by atoms with E-state index >= 15 is 0 Å². The smallest absolute Gasteiger partial charge is 0.270 e. The monoisotopic (exact) mass is 447 g/mol. The number of hydrazine groups is 1. The van der Waals surface area contributed by atoms with E-state index in [0.717, 1.165) is 0 Å². The minimum atomic E-state index is -0.568. The molecule has 156 valence electrons. The van der Waals surface area contributed by atoms with Gasteiger partial charge in [-0.3, -0.25) is 25.2 Å². The maximum atomic E-state index is 12.5. The summed E-state index contributed by atoms with van der Waals surface area (Å²) in [6, 6.07) is 13.2. The SMILES string of the molecule is Cn1c(=O)cc(C(=O)NNC(=O)CCCOc2ccc(Cl)cc2Cl)c2ccccc21. The summed E-state index contributed by atoms with van der Waals surface area (Å²) in [5.41, 5.74) is 5.20. The molecule has 0 unspecified atom stereocenters. The zero-order valence-electron chi connectivity index (χ0n) is 16.1. The second kappa shape index (κ2) is 9.65. The molecule has 2 N–H and O–H groups in total. The van der Waals surface area contributed by atoms with Gasteiger partial charge in [-0.15, -0.1) is 0 Å². The Morgan fingerprint density at radius 2 is 1.83 bits per heavy atom. The number of carbonyl (C=O) groups is 2. The van der Waals surface area contributed by atoms with E-state index in [2.05, 4.69) is 10.9 Å². The van der Waals surface area contributed by atoms with Gasteiger partial charge in [-0.05, 0) is 30.7 Å². The van der Waals surface area contributed by atoms with Crippen molar-refractivity contribution in [2.75, 3.05) is 6.61 Å². The van der Waals surface area contributed by atoms with Crippen LogP contribution in [0.5, 0.6) is 5.75 Å². The van der Waals surface area contributed by atoms with Gasteiger partial charge in [0.1, 0.15) is 5.75 Å². The molecule has 2 aromatic carbocycles. The lowest BCUT2D eigenvalue weighted by molar-refractivity contribution is -0.122. The van der Waals surface area contributed by atoms with Crippen LogP contribution in [0, 0.1) is 0 Å². The first-order valence-electron chi connectivity index (χ1n) is 9.12. The highest BCUT2D eigenvalue weighted by Crippen LogP contribution is 2.27. The number of carbonyl (C=O) groups excluding carboxylic acids is 2. The molecule has 7 nitrogen and oxygen atoms in total. The highest BCUT2D eigenvalue weighted by atomic mass is 35.5. The first-order valence-corrected chi connectivity index (χ1v) is 9.88. The molecule has 0 atom stereocenters. The minimum absolute atomic E-state index is 0.128. The van der Waals surface area contributed by atoms with Crippen molar-refractivity contribution < 1.29 is 14.3 Å². The van der Waals surface area contributed by atoms with Gasteiger partial charge in [0.15, 0.2) is 0 Å². The van der Waals surface area contributed by atoms with Crippen molar-refractivity contribution in [1.29, 1.82) is 0 Å². The zero-order valence-corrected chi connectivity index (χ0v) is 17.6. The van der Waals surface area contributed by atoms with Gasteiger partial charge in [0.25, 0.3) is 11.5 Å². The van der Waals surface area contributed by atoms with E-state index in [1.807, 2.05) is 0 Å². The maximum absolute atomic E-state index is 12.5. The topological polar surface area (TPSA) is 89.4 Å². The van der Waals surface area contributed by atoms with Gasteiger partial charge in [-0.25, -0.2) is 0 Å². The van der Waals surface area contributed by atoms with Crippen molar-refractivity contribution in [3.05, 3.63) is 74.5 Å². The summed E-state index contributed by atoms with van der Waals surface area (Å²) in [6.07, 6.45) is 0.540. The summed E-state index contributed by atoms with van der Waals surface area (Å²) < 4.78 is 6.97. The summed E-state index contributed by atoms with van der Waals surface area (Å²) >= 11 is 11.8. The van der Waals surface area contributed by atoms with Crippen molar-refractivity contribution in [3.63, 3.8) is 0 Å². The van der Waals surface area contributed by atoms with E-state index < -0.39 is 5.91 Å². The van der Waals surface area contributed by atoms with Crippen LogP contribution in [0.1, 0.15) is 23.2 Å². The Hall–Kier alpha value is -3.03. The number of fused-ring (bicyclic) bond motifs is 1. The molecular formula is C21H19Cl2N3O4. The van der Waals surface area contributed by atoms with Crippen LogP contribution in [-0.2, 0) is 11.8 Å². The Balaban J connectivity index is 1.51. The fourth-order valence-electron chi connectivity index (χ4n) is 2.86. The van der Waals surface area contributed by atoms with Crippen molar-refractivity contribution >= 4 is 45.9 Å². The predicted molar refractivity (Wildman–Crippen MR) is 116 cm³/mol. The Morgan fingerprint density at radius 1 is 1.07 bits per heavy atom. The van der Waals surface area contributed by atoms with Crippen LogP contribution in [0.25, 0.3) is 10.9 Å². The van der Waals surface area contributed by atoms with Crippen molar-refractivity contribution in [2.45, 2.75) is 12.8 Å². The van der Waals surface area contributed by atoms with Crippen LogP contribution in [0.15, 0.2) is 53.3 Å². The lowest BCUT2D eigenvalue weighted by Gasteiger charge is -2.11. The van der Waals surface area contributed by atoms with E-state index in [-0.39, 0.29) is 30.1 Å². The molecule has 2 amide bonds. The van der Waals surface area contributed by atoms with Gasteiger partial charge in [0.2, 0.25) is 5.91 Å². The molecule has 3 aromatic rings. The molecule has 30 heavy (non-hydrogen) atoms. The van der Waals surface area contributed by atoms with Gasteiger partial charge in [0, 0.05) is 29.9 Å². The molecule has 1 aromatic heterocycles. The zero-order chi connectivity index (χ0) is 21.7. The van der Waals surface area contributed by atoms with E-state index in [0.29, 0.717) is 33.1 Å². The molecule has 0 saturated heterocycles. The standard InChI is InChI=1S/C21H19Cl2N3O4/c1-26-17-6-3-2-5-14(17)15(12-20(26)28)21(29)25-24-19(27)7-4-10-30-18-9-8-13(22)11-16(18)23/h2-3,5-6,8-9,11-12H,4,7,10H2,1H3,(H,24,27)(H,25,29). The number of benzene rings is 2. The summed E-state index contributed by atoms with van der Waals surface area (Å²) in [5.74, 6) is -0.476. The molecule has 0 saturated carbocycles. The second-order valence-corrected chi connectivity index (χ2v) is 7.35. The second-order valence-electron chi connectivity index (χ2n) is 6.50. The lowest BCUT2D eigenvalue weighted by Crippen LogP contribution is -2.42. The molecule has 0 spiro atoms. The quantitative estimate of drug-likeness (QED) is 0.447. The number of pyridine rings is 1. The van der Waals surface area contributed by atoms with Gasteiger partial charge in [-0.1, -0.05) is 41.4 Å². The van der Waals surface area contributed by atoms with E-state index in [1.54, 1.807) is 49.5 Å². The molecule has 0 aliphatic carbocycles. The number of amides is 2. The molecule has 0 aliphatic heterocycles.